The zero-order valence-electron chi connectivity index (χ0n) is 13.1. The Morgan fingerprint density at radius 2 is 1.79 bits per heavy atom. The average Bonchev–Trinajstić information content (AvgIpc) is 3.11. The number of thiocarbonyl (C=S) groups is 1. The van der Waals surface area contributed by atoms with E-state index in [4.69, 9.17) is 12.2 Å². The van der Waals surface area contributed by atoms with E-state index in [1.807, 2.05) is 36.4 Å². The van der Waals surface area contributed by atoms with Crippen molar-refractivity contribution in [1.29, 1.82) is 0 Å². The van der Waals surface area contributed by atoms with E-state index in [0.29, 0.717) is 0 Å². The molecule has 120 valence electrons. The first-order chi connectivity index (χ1) is 11.8. The maximum Gasteiger partial charge on any atom is 0.174 e. The standard InChI is InChI=1S/C19H18N4S/c24-19(22-15-9-5-2-6-10-15)23-12-11-16-17(21-13-20-16)18(23)14-7-3-1-4-8-14/h1-10,13,18H,11-12H2,(H,20,21)(H,22,24). The second-order valence-electron chi connectivity index (χ2n) is 5.82. The predicted octanol–water partition coefficient (Wildman–Crippen LogP) is 3.75. The number of rotatable bonds is 2. The minimum absolute atomic E-state index is 0.0323. The Morgan fingerprint density at radius 3 is 2.54 bits per heavy atom. The summed E-state index contributed by atoms with van der Waals surface area (Å²) in [5, 5.41) is 4.08. The Hall–Kier alpha value is -2.66. The van der Waals surface area contributed by atoms with Crippen molar-refractivity contribution in [2.75, 3.05) is 11.9 Å². The van der Waals surface area contributed by atoms with Crippen LogP contribution in [0, 0.1) is 0 Å². The molecule has 1 aliphatic rings. The lowest BCUT2D eigenvalue weighted by atomic mass is 9.96. The Morgan fingerprint density at radius 1 is 1.08 bits per heavy atom. The molecule has 5 heteroatoms. The molecular formula is C19H18N4S. The van der Waals surface area contributed by atoms with Gasteiger partial charge >= 0.3 is 0 Å². The number of hydrogen-bond acceptors (Lipinski definition) is 2. The Bertz CT molecular complexity index is 829. The molecule has 2 heterocycles. The van der Waals surface area contributed by atoms with E-state index in [-0.39, 0.29) is 6.04 Å². The fourth-order valence-electron chi connectivity index (χ4n) is 3.19. The molecule has 1 aliphatic heterocycles. The first kappa shape index (κ1) is 14.9. The summed E-state index contributed by atoms with van der Waals surface area (Å²) in [6.45, 7) is 0.855. The number of imidazole rings is 1. The van der Waals surface area contributed by atoms with Crippen LogP contribution in [0.3, 0.4) is 0 Å². The van der Waals surface area contributed by atoms with E-state index in [1.54, 1.807) is 6.33 Å². The normalized spacial score (nSPS) is 16.5. The second kappa shape index (κ2) is 6.45. The maximum atomic E-state index is 5.71. The summed E-state index contributed by atoms with van der Waals surface area (Å²) in [5.41, 5.74) is 4.46. The third-order valence-corrected chi connectivity index (χ3v) is 4.66. The molecule has 0 saturated heterocycles. The van der Waals surface area contributed by atoms with E-state index >= 15 is 0 Å². The van der Waals surface area contributed by atoms with Crippen LogP contribution in [0.25, 0.3) is 0 Å². The topological polar surface area (TPSA) is 44.0 Å². The van der Waals surface area contributed by atoms with Gasteiger partial charge in [0.15, 0.2) is 5.11 Å². The minimum Gasteiger partial charge on any atom is -0.348 e. The third-order valence-electron chi connectivity index (χ3n) is 4.33. The summed E-state index contributed by atoms with van der Waals surface area (Å²) < 4.78 is 0. The molecule has 2 aromatic carbocycles. The van der Waals surface area contributed by atoms with E-state index in [0.717, 1.165) is 29.5 Å². The molecular weight excluding hydrogens is 316 g/mol. The van der Waals surface area contributed by atoms with Gasteiger partial charge in [0.1, 0.15) is 6.04 Å². The zero-order chi connectivity index (χ0) is 16.4. The van der Waals surface area contributed by atoms with Crippen LogP contribution in [0.4, 0.5) is 5.69 Å². The number of para-hydroxylation sites is 1. The van der Waals surface area contributed by atoms with E-state index in [2.05, 4.69) is 44.5 Å². The first-order valence-electron chi connectivity index (χ1n) is 8.02. The molecule has 1 unspecified atom stereocenters. The summed E-state index contributed by atoms with van der Waals surface area (Å²) in [4.78, 5) is 10.1. The summed E-state index contributed by atoms with van der Waals surface area (Å²) in [7, 11) is 0. The fourth-order valence-corrected chi connectivity index (χ4v) is 3.50. The molecule has 0 spiro atoms. The lowest BCUT2D eigenvalue weighted by Crippen LogP contribution is -2.42. The van der Waals surface area contributed by atoms with Gasteiger partial charge in [-0.2, -0.15) is 0 Å². The predicted molar refractivity (Wildman–Crippen MR) is 99.9 cm³/mol. The highest BCUT2D eigenvalue weighted by molar-refractivity contribution is 7.80. The van der Waals surface area contributed by atoms with Crippen LogP contribution in [-0.4, -0.2) is 26.5 Å². The fraction of sp³-hybridized carbons (Fsp3) is 0.158. The second-order valence-corrected chi connectivity index (χ2v) is 6.21. The van der Waals surface area contributed by atoms with Gasteiger partial charge in [0.25, 0.3) is 0 Å². The number of nitrogens with one attached hydrogen (secondary N) is 2. The smallest absolute Gasteiger partial charge is 0.174 e. The van der Waals surface area contributed by atoms with Crippen LogP contribution in [-0.2, 0) is 6.42 Å². The molecule has 0 bridgehead atoms. The van der Waals surface area contributed by atoms with Crippen molar-refractivity contribution in [3.63, 3.8) is 0 Å². The highest BCUT2D eigenvalue weighted by Crippen LogP contribution is 2.33. The van der Waals surface area contributed by atoms with Crippen molar-refractivity contribution in [3.8, 4) is 0 Å². The minimum atomic E-state index is 0.0323. The van der Waals surface area contributed by atoms with Crippen LogP contribution in [0.1, 0.15) is 23.0 Å². The average molecular weight is 334 g/mol. The van der Waals surface area contributed by atoms with Crippen molar-refractivity contribution in [2.45, 2.75) is 12.5 Å². The molecule has 0 fully saturated rings. The van der Waals surface area contributed by atoms with Crippen molar-refractivity contribution in [3.05, 3.63) is 83.9 Å². The SMILES string of the molecule is S=C(Nc1ccccc1)N1CCc2[nH]cnc2C1c1ccccc1. The van der Waals surface area contributed by atoms with E-state index < -0.39 is 0 Å². The van der Waals surface area contributed by atoms with Gasteiger partial charge in [-0.15, -0.1) is 0 Å². The quantitative estimate of drug-likeness (QED) is 0.701. The molecule has 1 atom stereocenters. The molecule has 0 amide bonds. The largest absolute Gasteiger partial charge is 0.348 e. The van der Waals surface area contributed by atoms with Gasteiger partial charge in [-0.3, -0.25) is 0 Å². The number of hydrogen-bond donors (Lipinski definition) is 2. The van der Waals surface area contributed by atoms with Gasteiger partial charge in [-0.25, -0.2) is 4.98 Å². The number of fused-ring (bicyclic) bond motifs is 1. The summed E-state index contributed by atoms with van der Waals surface area (Å²) in [6.07, 6.45) is 2.69. The van der Waals surface area contributed by atoms with Gasteiger partial charge in [-0.05, 0) is 29.9 Å². The summed E-state index contributed by atoms with van der Waals surface area (Å²) in [6, 6.07) is 20.5. The number of aromatic nitrogens is 2. The molecule has 4 rings (SSSR count). The molecule has 24 heavy (non-hydrogen) atoms. The molecule has 4 nitrogen and oxygen atoms in total. The zero-order valence-corrected chi connectivity index (χ0v) is 14.0. The van der Waals surface area contributed by atoms with Gasteiger partial charge in [0.2, 0.25) is 0 Å². The van der Waals surface area contributed by atoms with Crippen LogP contribution in [0.2, 0.25) is 0 Å². The Labute approximate surface area is 146 Å². The van der Waals surface area contributed by atoms with Gasteiger partial charge in [-0.1, -0.05) is 48.5 Å². The van der Waals surface area contributed by atoms with Gasteiger partial charge < -0.3 is 15.2 Å². The third kappa shape index (κ3) is 2.78. The van der Waals surface area contributed by atoms with Gasteiger partial charge in [0, 0.05) is 24.3 Å². The number of H-pyrrole nitrogens is 1. The lowest BCUT2D eigenvalue weighted by Gasteiger charge is -2.37. The lowest BCUT2D eigenvalue weighted by molar-refractivity contribution is 0.336. The van der Waals surface area contributed by atoms with Crippen molar-refractivity contribution in [2.24, 2.45) is 0 Å². The van der Waals surface area contributed by atoms with Crippen molar-refractivity contribution < 1.29 is 0 Å². The summed E-state index contributed by atoms with van der Waals surface area (Å²) >= 11 is 5.71. The summed E-state index contributed by atoms with van der Waals surface area (Å²) in [5.74, 6) is 0. The van der Waals surface area contributed by atoms with Crippen LogP contribution < -0.4 is 5.32 Å². The number of aromatic amines is 1. The van der Waals surface area contributed by atoms with E-state index in [1.165, 1.54) is 11.3 Å². The van der Waals surface area contributed by atoms with E-state index in [9.17, 15) is 0 Å². The molecule has 1 aromatic heterocycles. The maximum absolute atomic E-state index is 5.71. The monoisotopic (exact) mass is 334 g/mol. The molecule has 3 aromatic rings. The highest BCUT2D eigenvalue weighted by atomic mass is 32.1. The number of anilines is 1. The first-order valence-corrected chi connectivity index (χ1v) is 8.43. The van der Waals surface area contributed by atoms with Crippen molar-refractivity contribution >= 4 is 23.0 Å². The molecule has 2 N–H and O–H groups in total. The number of benzene rings is 2. The molecule has 0 aliphatic carbocycles. The highest BCUT2D eigenvalue weighted by Gasteiger charge is 2.32. The Balaban J connectivity index is 1.67. The van der Waals surface area contributed by atoms with Crippen LogP contribution in [0.5, 0.6) is 0 Å². The number of nitrogens with zero attached hydrogens (tertiary/aromatic N) is 2. The van der Waals surface area contributed by atoms with Gasteiger partial charge in [0.05, 0.1) is 12.0 Å². The van der Waals surface area contributed by atoms with Crippen molar-refractivity contribution in [1.82, 2.24) is 14.9 Å². The molecule has 0 radical (unpaired) electrons. The van der Waals surface area contributed by atoms with Crippen LogP contribution in [0.15, 0.2) is 67.0 Å². The Kier molecular flexibility index (Phi) is 4.01. The van der Waals surface area contributed by atoms with Crippen LogP contribution >= 0.6 is 12.2 Å². The molecule has 0 saturated carbocycles.